The molecule has 5 rings (SSSR count). The van der Waals surface area contributed by atoms with E-state index >= 15 is 4.39 Å². The lowest BCUT2D eigenvalue weighted by Gasteiger charge is -2.36. The molecule has 0 unspecified atom stereocenters. The Labute approximate surface area is 275 Å². The number of hydrogen-bond acceptors (Lipinski definition) is 8. The van der Waals surface area contributed by atoms with Crippen molar-refractivity contribution in [2.24, 2.45) is 0 Å². The zero-order chi connectivity index (χ0) is 32.7. The van der Waals surface area contributed by atoms with Crippen molar-refractivity contribution >= 4 is 57.2 Å². The number of benzene rings is 1. The minimum atomic E-state index is -0.857. The molecule has 0 spiro atoms. The van der Waals surface area contributed by atoms with Crippen LogP contribution in [-0.4, -0.2) is 50.6 Å². The van der Waals surface area contributed by atoms with Crippen molar-refractivity contribution in [2.45, 2.75) is 46.5 Å². The maximum Gasteiger partial charge on any atom is 0.276 e. The lowest BCUT2D eigenvalue weighted by Crippen LogP contribution is -2.45. The minimum Gasteiger partial charge on any atom is -0.397 e. The largest absolute Gasteiger partial charge is 0.397 e. The predicted octanol–water partition coefficient (Wildman–Crippen LogP) is 7.30. The lowest BCUT2D eigenvalue weighted by molar-refractivity contribution is 0.349. The van der Waals surface area contributed by atoms with Gasteiger partial charge in [0, 0.05) is 31.6 Å². The molecule has 0 saturated carbocycles. The Morgan fingerprint density at radius 1 is 0.978 bits per heavy atom. The molecule has 1 aromatic carbocycles. The van der Waals surface area contributed by atoms with Crippen LogP contribution in [0, 0.1) is 17.1 Å². The summed E-state index contributed by atoms with van der Waals surface area (Å²) in [7, 11) is 0. The van der Waals surface area contributed by atoms with Crippen molar-refractivity contribution in [1.82, 2.24) is 24.4 Å². The summed E-state index contributed by atoms with van der Waals surface area (Å²) in [4.78, 5) is 32.7. The van der Waals surface area contributed by atoms with Crippen LogP contribution in [0.15, 0.2) is 35.5 Å². The lowest BCUT2D eigenvalue weighted by atomic mass is 10.00. The van der Waals surface area contributed by atoms with Gasteiger partial charge in [-0.15, -0.1) is 0 Å². The number of nitrogens with two attached hydrogens (primary N) is 1. The number of pyridine rings is 2. The highest BCUT2D eigenvalue weighted by atomic mass is 35.5. The molecule has 0 atom stereocenters. The van der Waals surface area contributed by atoms with Gasteiger partial charge in [-0.2, -0.15) is 5.26 Å². The molecule has 1 aliphatic heterocycles. The fraction of sp³-hybridized carbons (Fsp3) is 0.344. The van der Waals surface area contributed by atoms with Crippen LogP contribution in [0.2, 0.25) is 15.1 Å². The normalized spacial score (nSPS) is 13.9. The SMILES string of the molecule is CC=CN1CCN(c2c(C#N)c(=O)n(-c3c(C(C)C)ncnc3C(C)C)c3nc(-c4c(N)c(Cl)cc(Cl)c4F)c(Cl)cc23)CC1. The van der Waals surface area contributed by atoms with E-state index in [1.165, 1.54) is 17.0 Å². The van der Waals surface area contributed by atoms with Crippen molar-refractivity contribution < 1.29 is 4.39 Å². The number of rotatable bonds is 6. The molecule has 1 aliphatic rings. The summed E-state index contributed by atoms with van der Waals surface area (Å²) >= 11 is 19.3. The fourth-order valence-electron chi connectivity index (χ4n) is 5.71. The molecular weight excluding hydrogens is 638 g/mol. The maximum absolute atomic E-state index is 15.6. The molecule has 2 N–H and O–H groups in total. The van der Waals surface area contributed by atoms with E-state index in [2.05, 4.69) is 20.9 Å². The van der Waals surface area contributed by atoms with E-state index in [-0.39, 0.29) is 55.1 Å². The zero-order valence-corrected chi connectivity index (χ0v) is 27.8. The summed E-state index contributed by atoms with van der Waals surface area (Å²) in [5.74, 6) is -1.11. The Hall–Kier alpha value is -3.91. The number of nitriles is 1. The van der Waals surface area contributed by atoms with E-state index in [0.29, 0.717) is 54.3 Å². The minimum absolute atomic E-state index is 0.0203. The maximum atomic E-state index is 15.6. The number of hydrogen-bond donors (Lipinski definition) is 1. The number of piperazine rings is 1. The Kier molecular flexibility index (Phi) is 9.26. The average molecular weight is 670 g/mol. The molecule has 0 radical (unpaired) electrons. The highest BCUT2D eigenvalue weighted by Crippen LogP contribution is 2.43. The summed E-state index contributed by atoms with van der Waals surface area (Å²) < 4.78 is 17.0. The number of anilines is 2. The number of fused-ring (bicyclic) bond motifs is 1. The van der Waals surface area contributed by atoms with Crippen LogP contribution >= 0.6 is 34.8 Å². The second-order valence-corrected chi connectivity index (χ2v) is 12.6. The smallest absolute Gasteiger partial charge is 0.276 e. The van der Waals surface area contributed by atoms with E-state index in [1.807, 2.05) is 51.8 Å². The quantitative estimate of drug-likeness (QED) is 0.168. The van der Waals surface area contributed by atoms with Crippen molar-refractivity contribution in [3.05, 3.63) is 78.9 Å². The monoisotopic (exact) mass is 668 g/mol. The highest BCUT2D eigenvalue weighted by molar-refractivity contribution is 6.38. The molecule has 9 nitrogen and oxygen atoms in total. The first-order valence-corrected chi connectivity index (χ1v) is 15.6. The van der Waals surface area contributed by atoms with Gasteiger partial charge in [0.15, 0.2) is 5.82 Å². The van der Waals surface area contributed by atoms with E-state index in [0.717, 1.165) is 0 Å². The van der Waals surface area contributed by atoms with Crippen molar-refractivity contribution in [3.63, 3.8) is 0 Å². The summed E-state index contributed by atoms with van der Waals surface area (Å²) in [5, 5.41) is 10.7. The fourth-order valence-corrected chi connectivity index (χ4v) is 6.42. The molecule has 1 saturated heterocycles. The van der Waals surface area contributed by atoms with Gasteiger partial charge in [0.25, 0.3) is 5.56 Å². The molecule has 45 heavy (non-hydrogen) atoms. The van der Waals surface area contributed by atoms with E-state index in [4.69, 9.17) is 45.5 Å². The van der Waals surface area contributed by atoms with Crippen LogP contribution in [-0.2, 0) is 0 Å². The Balaban J connectivity index is 1.97. The van der Waals surface area contributed by atoms with E-state index in [1.54, 1.807) is 6.07 Å². The van der Waals surface area contributed by atoms with Gasteiger partial charge in [-0.3, -0.25) is 9.36 Å². The molecule has 3 aromatic heterocycles. The van der Waals surface area contributed by atoms with Gasteiger partial charge in [0.2, 0.25) is 0 Å². The average Bonchev–Trinajstić information content (AvgIpc) is 3.00. The van der Waals surface area contributed by atoms with Gasteiger partial charge in [-0.05, 0) is 37.1 Å². The van der Waals surface area contributed by atoms with Gasteiger partial charge in [-0.25, -0.2) is 19.3 Å². The van der Waals surface area contributed by atoms with Crippen LogP contribution in [0.4, 0.5) is 15.8 Å². The molecule has 0 aliphatic carbocycles. The molecule has 234 valence electrons. The first kappa shape index (κ1) is 32.5. The van der Waals surface area contributed by atoms with E-state index in [9.17, 15) is 10.1 Å². The van der Waals surface area contributed by atoms with Gasteiger partial charge in [0.1, 0.15) is 23.6 Å². The second kappa shape index (κ2) is 12.8. The van der Waals surface area contributed by atoms with Crippen LogP contribution in [0.1, 0.15) is 63.4 Å². The summed E-state index contributed by atoms with van der Waals surface area (Å²) in [6.45, 7) is 12.2. The van der Waals surface area contributed by atoms with Crippen LogP contribution in [0.25, 0.3) is 28.0 Å². The molecule has 0 amide bonds. The molecule has 4 heterocycles. The van der Waals surface area contributed by atoms with Crippen molar-refractivity contribution in [1.29, 1.82) is 5.26 Å². The molecule has 0 bridgehead atoms. The topological polar surface area (TPSA) is 117 Å². The van der Waals surface area contributed by atoms with Crippen molar-refractivity contribution in [3.8, 4) is 23.0 Å². The number of nitrogens with zero attached hydrogens (tertiary/aromatic N) is 7. The summed E-state index contributed by atoms with van der Waals surface area (Å²) in [6, 6.07) is 4.96. The Morgan fingerprint density at radius 2 is 1.60 bits per heavy atom. The van der Waals surface area contributed by atoms with Crippen molar-refractivity contribution in [2.75, 3.05) is 36.8 Å². The Bertz CT molecular complexity index is 1890. The van der Waals surface area contributed by atoms with Gasteiger partial charge in [-0.1, -0.05) is 68.6 Å². The van der Waals surface area contributed by atoms with Crippen LogP contribution < -0.4 is 16.2 Å². The third-order valence-electron chi connectivity index (χ3n) is 7.82. The van der Waals surface area contributed by atoms with Crippen LogP contribution in [0.3, 0.4) is 0 Å². The summed E-state index contributed by atoms with van der Waals surface area (Å²) in [6.07, 6.45) is 5.44. The predicted molar refractivity (Wildman–Crippen MR) is 179 cm³/mol. The number of allylic oxidation sites excluding steroid dienone is 1. The molecular formula is C32H32Cl3FN8O. The number of halogens is 4. The van der Waals surface area contributed by atoms with E-state index < -0.39 is 11.4 Å². The molecule has 13 heteroatoms. The first-order valence-electron chi connectivity index (χ1n) is 14.5. The number of aromatic nitrogens is 4. The highest BCUT2D eigenvalue weighted by Gasteiger charge is 2.30. The van der Waals surface area contributed by atoms with Gasteiger partial charge < -0.3 is 15.5 Å². The summed E-state index contributed by atoms with van der Waals surface area (Å²) in [5.41, 5.74) is 7.35. The number of nitrogen functional groups attached to an aromatic ring is 1. The second-order valence-electron chi connectivity index (χ2n) is 11.4. The third-order valence-corrected chi connectivity index (χ3v) is 8.70. The van der Waals surface area contributed by atoms with Gasteiger partial charge >= 0.3 is 0 Å². The van der Waals surface area contributed by atoms with Gasteiger partial charge in [0.05, 0.1) is 54.8 Å². The third kappa shape index (κ3) is 5.69. The molecule has 4 aromatic rings. The van der Waals surface area contributed by atoms with Crippen LogP contribution in [0.5, 0.6) is 0 Å². The molecule has 1 fully saturated rings. The Morgan fingerprint density at radius 3 is 2.16 bits per heavy atom. The zero-order valence-electron chi connectivity index (χ0n) is 25.5. The standard InChI is InChI=1S/C32H32Cl3FN8O/c1-6-7-42-8-10-43(11-9-42)29-18-12-22(35)28(23-24(36)20(33)13-21(34)25(23)38)41-31(18)44(32(45)19(29)14-37)30-26(16(2)3)39-15-40-27(30)17(4)5/h6-7,12-13,15-17H,8-11,38H2,1-5H3. The first-order chi connectivity index (χ1) is 21.4.